The molecule has 2 heterocycles. The van der Waals surface area contributed by atoms with Crippen molar-refractivity contribution in [2.45, 2.75) is 11.4 Å². The lowest BCUT2D eigenvalue weighted by atomic mass is 9.99. The Kier molecular flexibility index (Phi) is 8.01. The average Bonchev–Trinajstić information content (AvgIpc) is 2.95. The van der Waals surface area contributed by atoms with E-state index in [1.54, 1.807) is 24.3 Å². The molecule has 10 nitrogen and oxygen atoms in total. The van der Waals surface area contributed by atoms with Gasteiger partial charge in [0.2, 0.25) is 15.9 Å². The smallest absolute Gasteiger partial charge is 0.264 e. The number of nitrogen functional groups attached to an aromatic ring is 1. The number of methoxy groups -OCH3 is 1. The van der Waals surface area contributed by atoms with Gasteiger partial charge in [-0.2, -0.15) is 0 Å². The van der Waals surface area contributed by atoms with Gasteiger partial charge in [0, 0.05) is 35.3 Å². The third kappa shape index (κ3) is 6.71. The average molecular weight is 626 g/mol. The lowest BCUT2D eigenvalue weighted by Crippen LogP contribution is -2.21. The molecule has 14 heteroatoms. The van der Waals surface area contributed by atoms with Crippen molar-refractivity contribution in [3.63, 3.8) is 0 Å². The first-order valence-electron chi connectivity index (χ1n) is 12.6. The summed E-state index contributed by atoms with van der Waals surface area (Å²) in [4.78, 5) is 7.99. The summed E-state index contributed by atoms with van der Waals surface area (Å²) in [5.74, 6) is -1.93. The van der Waals surface area contributed by atoms with Crippen LogP contribution in [0.25, 0.3) is 33.2 Å². The van der Waals surface area contributed by atoms with Gasteiger partial charge in [-0.1, -0.05) is 24.3 Å². The molecule has 0 spiro atoms. The Labute approximate surface area is 246 Å². The zero-order chi connectivity index (χ0) is 30.9. The van der Waals surface area contributed by atoms with Crippen LogP contribution in [0.4, 0.5) is 20.3 Å². The number of hydrogen-bond acceptors (Lipinski definition) is 8. The maximum absolute atomic E-state index is 14.3. The number of anilines is 2. The van der Waals surface area contributed by atoms with Gasteiger partial charge >= 0.3 is 0 Å². The number of sulfonamides is 2. The second-order valence-electron chi connectivity index (χ2n) is 9.58. The lowest BCUT2D eigenvalue weighted by Gasteiger charge is -2.14. The van der Waals surface area contributed by atoms with E-state index in [4.69, 9.17) is 10.5 Å². The van der Waals surface area contributed by atoms with Crippen molar-refractivity contribution < 1.29 is 30.4 Å². The number of halogens is 2. The molecule has 0 unspecified atom stereocenters. The van der Waals surface area contributed by atoms with Gasteiger partial charge < -0.3 is 10.5 Å². The number of pyridine rings is 2. The SMILES string of the molecule is COc1ncc(-c2ccc3nc(N)c(-c4cccc(CNS(C)(=O)=O)c4)cc3c2)cc1NS(=O)(=O)c1ccc(F)cc1F. The summed E-state index contributed by atoms with van der Waals surface area (Å²) >= 11 is 0. The van der Waals surface area contributed by atoms with Crippen molar-refractivity contribution in [2.75, 3.05) is 23.8 Å². The van der Waals surface area contributed by atoms with Gasteiger partial charge in [-0.3, -0.25) is 4.72 Å². The molecule has 5 aromatic rings. The van der Waals surface area contributed by atoms with Crippen LogP contribution in [0.2, 0.25) is 0 Å². The standard InChI is InChI=1S/C29H25F2N5O5S2/c1-41-29-26(36-43(39,40)27-9-7-22(30)14-24(27)31)13-21(16-33-29)18-6-8-25-20(11-18)12-23(28(32)35-25)19-5-3-4-17(10-19)15-34-42(2,37)38/h3-14,16,34,36H,15H2,1-2H3,(H2,32,35). The van der Waals surface area contributed by atoms with Crippen LogP contribution in [-0.2, 0) is 26.6 Å². The van der Waals surface area contributed by atoms with E-state index in [2.05, 4.69) is 19.4 Å². The number of nitrogens with one attached hydrogen (secondary N) is 2. The summed E-state index contributed by atoms with van der Waals surface area (Å²) in [5, 5.41) is 0.715. The first-order chi connectivity index (χ1) is 20.3. The van der Waals surface area contributed by atoms with Crippen molar-refractivity contribution in [2.24, 2.45) is 0 Å². The van der Waals surface area contributed by atoms with Crippen LogP contribution in [0.5, 0.6) is 5.88 Å². The van der Waals surface area contributed by atoms with Gasteiger partial charge in [-0.05, 0) is 59.2 Å². The lowest BCUT2D eigenvalue weighted by molar-refractivity contribution is 0.400. The zero-order valence-corrected chi connectivity index (χ0v) is 24.4. The first-order valence-corrected chi connectivity index (χ1v) is 16.0. The molecule has 5 rings (SSSR count). The molecule has 0 radical (unpaired) electrons. The Balaban J connectivity index is 1.51. The maximum atomic E-state index is 14.3. The molecule has 0 saturated heterocycles. The molecule has 4 N–H and O–H groups in total. The van der Waals surface area contributed by atoms with E-state index < -0.39 is 36.6 Å². The summed E-state index contributed by atoms with van der Waals surface area (Å²) < 4.78 is 86.4. The third-order valence-electron chi connectivity index (χ3n) is 6.43. The summed E-state index contributed by atoms with van der Waals surface area (Å²) in [6.07, 6.45) is 2.57. The molecule has 0 aliphatic heterocycles. The number of nitrogens with zero attached hydrogens (tertiary/aromatic N) is 2. The monoisotopic (exact) mass is 625 g/mol. The largest absolute Gasteiger partial charge is 0.480 e. The van der Waals surface area contributed by atoms with Crippen molar-refractivity contribution in [3.05, 3.63) is 96.2 Å². The number of fused-ring (bicyclic) bond motifs is 1. The Morgan fingerprint density at radius 2 is 1.70 bits per heavy atom. The second kappa shape index (κ2) is 11.6. The van der Waals surface area contributed by atoms with Gasteiger partial charge in [-0.25, -0.2) is 40.3 Å². The number of benzene rings is 3. The van der Waals surface area contributed by atoms with Gasteiger partial charge in [0.25, 0.3) is 10.0 Å². The number of nitrogens with two attached hydrogens (primary N) is 1. The van der Waals surface area contributed by atoms with Crippen LogP contribution in [0.15, 0.2) is 83.9 Å². The molecule has 3 aromatic carbocycles. The van der Waals surface area contributed by atoms with E-state index in [1.165, 1.54) is 19.4 Å². The van der Waals surface area contributed by atoms with Crippen LogP contribution in [0.3, 0.4) is 0 Å². The van der Waals surface area contributed by atoms with Gasteiger partial charge in [0.05, 0.1) is 18.9 Å². The highest BCUT2D eigenvalue weighted by Gasteiger charge is 2.22. The van der Waals surface area contributed by atoms with Gasteiger partial charge in [0.1, 0.15) is 28.0 Å². The highest BCUT2D eigenvalue weighted by Crippen LogP contribution is 2.34. The van der Waals surface area contributed by atoms with Gasteiger partial charge in [0.15, 0.2) is 0 Å². The summed E-state index contributed by atoms with van der Waals surface area (Å²) in [6.45, 7) is 0.113. The molecule has 0 aliphatic rings. The molecular weight excluding hydrogens is 600 g/mol. The minimum Gasteiger partial charge on any atom is -0.480 e. The predicted molar refractivity (Wildman–Crippen MR) is 160 cm³/mol. The van der Waals surface area contributed by atoms with Gasteiger partial charge in [-0.15, -0.1) is 0 Å². The fourth-order valence-electron chi connectivity index (χ4n) is 4.40. The molecule has 222 valence electrons. The second-order valence-corrected chi connectivity index (χ2v) is 13.1. The molecule has 2 aromatic heterocycles. The minimum atomic E-state index is -4.46. The molecule has 0 atom stereocenters. The minimum absolute atomic E-state index is 0.0561. The van der Waals surface area contributed by atoms with E-state index in [0.29, 0.717) is 33.7 Å². The summed E-state index contributed by atoms with van der Waals surface area (Å²) in [7, 11) is -6.53. The van der Waals surface area contributed by atoms with Crippen LogP contribution in [0, 0.1) is 11.6 Å². The van der Waals surface area contributed by atoms with Crippen molar-refractivity contribution in [1.82, 2.24) is 14.7 Å². The molecule has 0 fully saturated rings. The van der Waals surface area contributed by atoms with E-state index in [1.807, 2.05) is 24.3 Å². The fourth-order valence-corrected chi connectivity index (χ4v) is 5.94. The number of rotatable bonds is 9. The van der Waals surface area contributed by atoms with Crippen LogP contribution in [0.1, 0.15) is 5.56 Å². The van der Waals surface area contributed by atoms with Crippen LogP contribution < -0.4 is 19.9 Å². The summed E-state index contributed by atoms with van der Waals surface area (Å²) in [5.41, 5.74) is 10.1. The van der Waals surface area contributed by atoms with E-state index in [0.717, 1.165) is 29.5 Å². The fraction of sp³-hybridized carbons (Fsp3) is 0.103. The molecule has 0 aliphatic carbocycles. The van der Waals surface area contributed by atoms with Crippen LogP contribution >= 0.6 is 0 Å². The molecule has 0 bridgehead atoms. The number of aromatic nitrogens is 2. The van der Waals surface area contributed by atoms with E-state index in [9.17, 15) is 25.6 Å². The Hall–Kier alpha value is -4.66. The van der Waals surface area contributed by atoms with E-state index in [-0.39, 0.29) is 23.9 Å². The highest BCUT2D eigenvalue weighted by molar-refractivity contribution is 7.92. The third-order valence-corrected chi connectivity index (χ3v) is 8.49. The molecule has 0 amide bonds. The Bertz CT molecular complexity index is 2090. The van der Waals surface area contributed by atoms with Crippen molar-refractivity contribution >= 4 is 42.5 Å². The van der Waals surface area contributed by atoms with Crippen LogP contribution in [-0.4, -0.2) is 40.2 Å². The topological polar surface area (TPSA) is 153 Å². The number of ether oxygens (including phenoxy) is 1. The van der Waals surface area contributed by atoms with Crippen molar-refractivity contribution in [1.29, 1.82) is 0 Å². The Morgan fingerprint density at radius 3 is 2.42 bits per heavy atom. The number of hydrogen-bond donors (Lipinski definition) is 3. The Morgan fingerprint density at radius 1 is 0.907 bits per heavy atom. The maximum Gasteiger partial charge on any atom is 0.264 e. The molecule has 0 saturated carbocycles. The quantitative estimate of drug-likeness (QED) is 0.213. The summed E-state index contributed by atoms with van der Waals surface area (Å²) in [6, 6.07) is 18.0. The molecule has 43 heavy (non-hydrogen) atoms. The van der Waals surface area contributed by atoms with E-state index >= 15 is 0 Å². The normalized spacial score (nSPS) is 11.9. The molecular formula is C29H25F2N5O5S2. The zero-order valence-electron chi connectivity index (χ0n) is 22.8. The highest BCUT2D eigenvalue weighted by atomic mass is 32.2. The first kappa shape index (κ1) is 29.8. The predicted octanol–water partition coefficient (Wildman–Crippen LogP) is 4.68. The van der Waals surface area contributed by atoms with Crippen molar-refractivity contribution in [3.8, 4) is 28.1 Å².